The van der Waals surface area contributed by atoms with Crippen LogP contribution in [0.15, 0.2) is 0 Å². The van der Waals surface area contributed by atoms with Crippen LogP contribution in [0.4, 0.5) is 0 Å². The molecule has 1 aliphatic rings. The van der Waals surface area contributed by atoms with E-state index in [-0.39, 0.29) is 11.2 Å². The molecule has 0 saturated carbocycles. The maximum Gasteiger partial charge on any atom is 0.235 e. The van der Waals surface area contributed by atoms with E-state index in [0.29, 0.717) is 12.0 Å². The number of carbonyl (C=O) groups excluding carboxylic acids is 1. The molecule has 1 saturated heterocycles. The summed E-state index contributed by atoms with van der Waals surface area (Å²) >= 11 is 4.38. The van der Waals surface area contributed by atoms with Gasteiger partial charge in [-0.1, -0.05) is 13.8 Å². The lowest BCUT2D eigenvalue weighted by molar-refractivity contribution is -0.134. The van der Waals surface area contributed by atoms with E-state index in [1.54, 1.807) is 0 Å². The quantitative estimate of drug-likeness (QED) is 0.701. The Hall–Kier alpha value is -0.180. The second-order valence-corrected chi connectivity index (χ2v) is 5.12. The first kappa shape index (κ1) is 11.9. The smallest absolute Gasteiger partial charge is 0.235 e. The van der Waals surface area contributed by atoms with Gasteiger partial charge in [-0.2, -0.15) is 12.6 Å². The fraction of sp³-hybridized carbons (Fsp3) is 0.909. The minimum Gasteiger partial charge on any atom is -0.339 e. The fourth-order valence-corrected chi connectivity index (χ4v) is 2.03. The topological polar surface area (TPSA) is 20.3 Å². The Morgan fingerprint density at radius 1 is 1.43 bits per heavy atom. The van der Waals surface area contributed by atoms with Gasteiger partial charge >= 0.3 is 0 Å². The van der Waals surface area contributed by atoms with Crippen LogP contribution in [0.3, 0.4) is 0 Å². The van der Waals surface area contributed by atoms with Crippen molar-refractivity contribution in [3.8, 4) is 0 Å². The van der Waals surface area contributed by atoms with Crippen LogP contribution in [-0.2, 0) is 4.79 Å². The number of amides is 1. The molecule has 1 heterocycles. The molecular formula is C11H21NOS. The van der Waals surface area contributed by atoms with Gasteiger partial charge in [0.05, 0.1) is 5.25 Å². The van der Waals surface area contributed by atoms with Crippen LogP contribution in [-0.4, -0.2) is 28.6 Å². The van der Waals surface area contributed by atoms with E-state index < -0.39 is 0 Å². The van der Waals surface area contributed by atoms with E-state index in [2.05, 4.69) is 19.6 Å². The van der Waals surface area contributed by atoms with Gasteiger partial charge in [0.2, 0.25) is 5.91 Å². The highest BCUT2D eigenvalue weighted by molar-refractivity contribution is 7.81. The van der Waals surface area contributed by atoms with Gasteiger partial charge in [-0.05, 0) is 32.1 Å². The van der Waals surface area contributed by atoms with Gasteiger partial charge in [-0.25, -0.2) is 0 Å². The average molecular weight is 215 g/mol. The summed E-state index contributed by atoms with van der Waals surface area (Å²) in [4.78, 5) is 14.0. The largest absolute Gasteiger partial charge is 0.339 e. The monoisotopic (exact) mass is 215 g/mol. The average Bonchev–Trinajstić information content (AvgIpc) is 2.16. The van der Waals surface area contributed by atoms with Crippen LogP contribution in [0.5, 0.6) is 0 Å². The third kappa shape index (κ3) is 2.66. The minimum atomic E-state index is -0.129. The SMILES string of the molecule is CC(C)C(S)C(=O)N1CCCCC1C. The third-order valence-electron chi connectivity index (χ3n) is 2.97. The van der Waals surface area contributed by atoms with Gasteiger partial charge in [0, 0.05) is 12.6 Å². The van der Waals surface area contributed by atoms with Crippen molar-refractivity contribution in [1.29, 1.82) is 0 Å². The van der Waals surface area contributed by atoms with Crippen molar-refractivity contribution in [2.75, 3.05) is 6.54 Å². The summed E-state index contributed by atoms with van der Waals surface area (Å²) in [6, 6.07) is 0.407. The minimum absolute atomic E-state index is 0.129. The molecule has 0 radical (unpaired) electrons. The van der Waals surface area contributed by atoms with Crippen LogP contribution >= 0.6 is 12.6 Å². The second kappa shape index (κ2) is 5.06. The Labute approximate surface area is 92.5 Å². The van der Waals surface area contributed by atoms with E-state index in [9.17, 15) is 4.79 Å². The van der Waals surface area contributed by atoms with Crippen molar-refractivity contribution >= 4 is 18.5 Å². The van der Waals surface area contributed by atoms with Crippen molar-refractivity contribution in [1.82, 2.24) is 4.90 Å². The maximum atomic E-state index is 12.0. The normalized spacial score (nSPS) is 25.2. The number of nitrogens with zero attached hydrogens (tertiary/aromatic N) is 1. The number of rotatable bonds is 2. The maximum absolute atomic E-state index is 12.0. The molecule has 0 bridgehead atoms. The van der Waals surface area contributed by atoms with Gasteiger partial charge < -0.3 is 4.90 Å². The van der Waals surface area contributed by atoms with Gasteiger partial charge in [-0.15, -0.1) is 0 Å². The fourth-order valence-electron chi connectivity index (χ4n) is 1.88. The summed E-state index contributed by atoms with van der Waals surface area (Å²) in [6.45, 7) is 7.15. The number of piperidine rings is 1. The molecule has 1 amide bonds. The van der Waals surface area contributed by atoms with Crippen LogP contribution in [0.25, 0.3) is 0 Å². The Balaban J connectivity index is 2.58. The summed E-state index contributed by atoms with van der Waals surface area (Å²) in [5.74, 6) is 0.537. The number of hydrogen-bond acceptors (Lipinski definition) is 2. The number of thiol groups is 1. The Kier molecular flexibility index (Phi) is 4.30. The van der Waals surface area contributed by atoms with Crippen LogP contribution in [0.2, 0.25) is 0 Å². The third-order valence-corrected chi connectivity index (χ3v) is 3.79. The highest BCUT2D eigenvalue weighted by Crippen LogP contribution is 2.21. The highest BCUT2D eigenvalue weighted by Gasteiger charge is 2.28. The molecule has 1 rings (SSSR count). The molecule has 0 aromatic rings. The van der Waals surface area contributed by atoms with Crippen LogP contribution < -0.4 is 0 Å². The molecule has 0 aromatic heterocycles. The zero-order chi connectivity index (χ0) is 10.7. The summed E-state index contributed by atoms with van der Waals surface area (Å²) < 4.78 is 0. The van der Waals surface area contributed by atoms with E-state index in [0.717, 1.165) is 19.4 Å². The van der Waals surface area contributed by atoms with Crippen molar-refractivity contribution in [2.45, 2.75) is 51.3 Å². The summed E-state index contributed by atoms with van der Waals surface area (Å²) in [5, 5.41) is -0.129. The molecule has 1 fully saturated rings. The zero-order valence-electron chi connectivity index (χ0n) is 9.36. The predicted molar refractivity (Wildman–Crippen MR) is 62.6 cm³/mol. The van der Waals surface area contributed by atoms with Gasteiger partial charge in [0.1, 0.15) is 0 Å². The van der Waals surface area contributed by atoms with Crippen LogP contribution in [0, 0.1) is 5.92 Å². The standard InChI is InChI=1S/C11H21NOS/c1-8(2)10(14)11(13)12-7-5-4-6-9(12)3/h8-10,14H,4-7H2,1-3H3. The first-order chi connectivity index (χ1) is 6.54. The van der Waals surface area contributed by atoms with Gasteiger partial charge in [-0.3, -0.25) is 4.79 Å². The van der Waals surface area contributed by atoms with Crippen molar-refractivity contribution < 1.29 is 4.79 Å². The first-order valence-corrected chi connectivity index (χ1v) is 6.04. The molecule has 0 N–H and O–H groups in total. The Morgan fingerprint density at radius 3 is 2.57 bits per heavy atom. The van der Waals surface area contributed by atoms with Crippen molar-refractivity contribution in [3.63, 3.8) is 0 Å². The lowest BCUT2D eigenvalue weighted by Crippen LogP contribution is -2.46. The Bertz CT molecular complexity index is 205. The van der Waals surface area contributed by atoms with Gasteiger partial charge in [0.15, 0.2) is 0 Å². The zero-order valence-corrected chi connectivity index (χ0v) is 10.3. The highest BCUT2D eigenvalue weighted by atomic mass is 32.1. The summed E-state index contributed by atoms with van der Waals surface area (Å²) in [5.41, 5.74) is 0. The lowest BCUT2D eigenvalue weighted by Gasteiger charge is -2.35. The second-order valence-electron chi connectivity index (χ2n) is 4.57. The number of likely N-dealkylation sites (tertiary alicyclic amines) is 1. The Morgan fingerprint density at radius 2 is 2.07 bits per heavy atom. The molecule has 2 atom stereocenters. The molecule has 2 nitrogen and oxygen atoms in total. The molecule has 0 spiro atoms. The molecule has 1 aliphatic heterocycles. The van der Waals surface area contributed by atoms with Crippen molar-refractivity contribution in [3.05, 3.63) is 0 Å². The number of hydrogen-bond donors (Lipinski definition) is 1. The predicted octanol–water partition coefficient (Wildman–Crippen LogP) is 2.34. The lowest BCUT2D eigenvalue weighted by atomic mass is 10.0. The molecule has 0 aromatic carbocycles. The van der Waals surface area contributed by atoms with Crippen molar-refractivity contribution in [2.24, 2.45) is 5.92 Å². The van der Waals surface area contributed by atoms with Gasteiger partial charge in [0.25, 0.3) is 0 Å². The molecule has 14 heavy (non-hydrogen) atoms. The van der Waals surface area contributed by atoms with E-state index in [1.807, 2.05) is 18.7 Å². The first-order valence-electron chi connectivity index (χ1n) is 5.52. The number of carbonyl (C=O) groups is 1. The summed E-state index contributed by atoms with van der Waals surface area (Å²) in [7, 11) is 0. The summed E-state index contributed by atoms with van der Waals surface area (Å²) in [6.07, 6.45) is 3.54. The molecule has 82 valence electrons. The molecule has 2 unspecified atom stereocenters. The van der Waals surface area contributed by atoms with E-state index in [4.69, 9.17) is 0 Å². The van der Waals surface area contributed by atoms with Crippen LogP contribution in [0.1, 0.15) is 40.0 Å². The molecular weight excluding hydrogens is 194 g/mol. The van der Waals surface area contributed by atoms with E-state index in [1.165, 1.54) is 6.42 Å². The van der Waals surface area contributed by atoms with E-state index >= 15 is 0 Å². The molecule has 0 aliphatic carbocycles. The molecule has 3 heteroatoms.